The molecule has 1 saturated heterocycles. The van der Waals surface area contributed by atoms with Gasteiger partial charge in [0.2, 0.25) is 10.0 Å². The number of nitrogens with one attached hydrogen (secondary N) is 1. The van der Waals surface area contributed by atoms with E-state index in [0.29, 0.717) is 12.2 Å². The summed E-state index contributed by atoms with van der Waals surface area (Å²) in [6.45, 7) is 5.56. The first-order chi connectivity index (χ1) is 9.76. The van der Waals surface area contributed by atoms with Gasteiger partial charge in [0.05, 0.1) is 0 Å². The van der Waals surface area contributed by atoms with Crippen LogP contribution in [0.4, 0.5) is 0 Å². The van der Waals surface area contributed by atoms with Gasteiger partial charge in [-0.25, -0.2) is 13.2 Å². The summed E-state index contributed by atoms with van der Waals surface area (Å²) < 4.78 is 27.4. The third kappa shape index (κ3) is 2.85. The second kappa shape index (κ2) is 5.81. The molecule has 2 heterocycles. The van der Waals surface area contributed by atoms with E-state index >= 15 is 0 Å². The fraction of sp³-hybridized carbons (Fsp3) is 0.643. The fourth-order valence-electron chi connectivity index (χ4n) is 3.06. The second-order valence-corrected chi connectivity index (χ2v) is 7.53. The van der Waals surface area contributed by atoms with Crippen LogP contribution in [0, 0.1) is 13.8 Å². The number of aromatic amines is 1. The first-order valence-corrected chi connectivity index (χ1v) is 8.65. The Labute approximate surface area is 125 Å². The molecule has 1 fully saturated rings. The van der Waals surface area contributed by atoms with E-state index in [-0.39, 0.29) is 22.2 Å². The Morgan fingerprint density at radius 1 is 1.29 bits per heavy atom. The van der Waals surface area contributed by atoms with Crippen molar-refractivity contribution in [1.29, 1.82) is 0 Å². The van der Waals surface area contributed by atoms with Crippen molar-refractivity contribution >= 4 is 16.0 Å². The number of hydrogen-bond acceptors (Lipinski definition) is 3. The Morgan fingerprint density at radius 2 is 1.95 bits per heavy atom. The van der Waals surface area contributed by atoms with Gasteiger partial charge in [-0.3, -0.25) is 0 Å². The van der Waals surface area contributed by atoms with E-state index in [2.05, 4.69) is 4.98 Å². The monoisotopic (exact) mass is 314 g/mol. The van der Waals surface area contributed by atoms with Gasteiger partial charge in [-0.1, -0.05) is 12.8 Å². The van der Waals surface area contributed by atoms with Crippen LogP contribution in [-0.2, 0) is 10.0 Å². The lowest BCUT2D eigenvalue weighted by Gasteiger charge is -2.26. The van der Waals surface area contributed by atoms with Gasteiger partial charge in [0, 0.05) is 23.8 Å². The van der Waals surface area contributed by atoms with E-state index in [1.165, 1.54) is 4.31 Å². The predicted octanol–water partition coefficient (Wildman–Crippen LogP) is 2.28. The topological polar surface area (TPSA) is 90.5 Å². The number of sulfonamides is 1. The number of rotatable bonds is 3. The predicted molar refractivity (Wildman–Crippen MR) is 79.0 cm³/mol. The largest absolute Gasteiger partial charge is 0.477 e. The molecular weight excluding hydrogens is 292 g/mol. The first kappa shape index (κ1) is 16.0. The van der Waals surface area contributed by atoms with Crippen LogP contribution in [0.5, 0.6) is 0 Å². The number of aryl methyl sites for hydroxylation is 1. The maximum Gasteiger partial charge on any atom is 0.352 e. The summed E-state index contributed by atoms with van der Waals surface area (Å²) >= 11 is 0. The highest BCUT2D eigenvalue weighted by molar-refractivity contribution is 7.89. The number of aromatic carboxylic acids is 1. The highest BCUT2D eigenvalue weighted by Gasteiger charge is 2.34. The van der Waals surface area contributed by atoms with Crippen LogP contribution in [0.2, 0.25) is 0 Å². The maximum atomic E-state index is 12.9. The van der Waals surface area contributed by atoms with Crippen molar-refractivity contribution in [3.63, 3.8) is 0 Å². The van der Waals surface area contributed by atoms with Crippen molar-refractivity contribution < 1.29 is 18.3 Å². The van der Waals surface area contributed by atoms with Gasteiger partial charge in [0.25, 0.3) is 0 Å². The molecule has 1 unspecified atom stereocenters. The number of aromatic nitrogens is 1. The van der Waals surface area contributed by atoms with Crippen LogP contribution >= 0.6 is 0 Å². The molecule has 0 spiro atoms. The molecule has 1 aliphatic heterocycles. The second-order valence-electron chi connectivity index (χ2n) is 5.70. The van der Waals surface area contributed by atoms with Crippen LogP contribution < -0.4 is 0 Å². The molecule has 2 rings (SSSR count). The molecule has 1 atom stereocenters. The van der Waals surface area contributed by atoms with Crippen molar-refractivity contribution in [2.75, 3.05) is 6.54 Å². The minimum Gasteiger partial charge on any atom is -0.477 e. The molecule has 21 heavy (non-hydrogen) atoms. The molecule has 0 aromatic carbocycles. The smallest absolute Gasteiger partial charge is 0.352 e. The van der Waals surface area contributed by atoms with E-state index in [0.717, 1.165) is 25.7 Å². The zero-order valence-corrected chi connectivity index (χ0v) is 13.5. The third-order valence-electron chi connectivity index (χ3n) is 4.14. The Morgan fingerprint density at radius 3 is 2.52 bits per heavy atom. The summed E-state index contributed by atoms with van der Waals surface area (Å²) in [4.78, 5) is 14.0. The summed E-state index contributed by atoms with van der Waals surface area (Å²) in [5.74, 6) is -1.14. The van der Waals surface area contributed by atoms with Crippen LogP contribution in [0.15, 0.2) is 4.90 Å². The molecule has 1 aromatic heterocycles. The van der Waals surface area contributed by atoms with Gasteiger partial charge in [-0.15, -0.1) is 0 Å². The fourth-order valence-corrected chi connectivity index (χ4v) is 5.17. The van der Waals surface area contributed by atoms with Gasteiger partial charge in [-0.05, 0) is 33.6 Å². The number of carboxylic acids is 1. The van der Waals surface area contributed by atoms with Crippen molar-refractivity contribution in [3.05, 3.63) is 17.0 Å². The molecule has 0 saturated carbocycles. The van der Waals surface area contributed by atoms with E-state index in [9.17, 15) is 13.2 Å². The van der Waals surface area contributed by atoms with Crippen LogP contribution in [0.1, 0.15) is 54.4 Å². The van der Waals surface area contributed by atoms with E-state index < -0.39 is 16.0 Å². The molecule has 118 valence electrons. The van der Waals surface area contributed by atoms with Gasteiger partial charge >= 0.3 is 5.97 Å². The van der Waals surface area contributed by atoms with Gasteiger partial charge < -0.3 is 10.1 Å². The minimum absolute atomic E-state index is 0.0476. The average Bonchev–Trinajstić information content (AvgIpc) is 2.56. The first-order valence-electron chi connectivity index (χ1n) is 7.21. The van der Waals surface area contributed by atoms with E-state index in [1.807, 2.05) is 6.92 Å². The van der Waals surface area contributed by atoms with E-state index in [4.69, 9.17) is 5.11 Å². The Balaban J connectivity index is 2.51. The van der Waals surface area contributed by atoms with Gasteiger partial charge in [0.1, 0.15) is 10.6 Å². The minimum atomic E-state index is -3.67. The standard InChI is InChI=1S/C14H22N2O4S/c1-9-7-5-4-6-8-16(9)21(19,20)13-10(2)12(14(17)18)15-11(13)3/h9,15H,4-8H2,1-3H3,(H,17,18). The van der Waals surface area contributed by atoms with Crippen molar-refractivity contribution in [3.8, 4) is 0 Å². The molecule has 0 amide bonds. The van der Waals surface area contributed by atoms with Crippen molar-refractivity contribution in [1.82, 2.24) is 9.29 Å². The molecular formula is C14H22N2O4S. The SMILES string of the molecule is Cc1[nH]c(C(=O)O)c(C)c1S(=O)(=O)N1CCCCCC1C. The molecule has 7 heteroatoms. The van der Waals surface area contributed by atoms with Gasteiger partial charge in [-0.2, -0.15) is 4.31 Å². The number of hydrogen-bond donors (Lipinski definition) is 2. The van der Waals surface area contributed by atoms with Crippen molar-refractivity contribution in [2.45, 2.75) is 57.4 Å². The third-order valence-corrected chi connectivity index (χ3v) is 6.43. The molecule has 1 aliphatic rings. The summed E-state index contributed by atoms with van der Waals surface area (Å²) in [7, 11) is -3.67. The average molecular weight is 314 g/mol. The normalized spacial score (nSPS) is 21.2. The highest BCUT2D eigenvalue weighted by atomic mass is 32.2. The number of nitrogens with zero attached hydrogens (tertiary/aromatic N) is 1. The molecule has 1 aromatic rings. The Hall–Kier alpha value is -1.34. The summed E-state index contributed by atoms with van der Waals surface area (Å²) in [5.41, 5.74) is 0.631. The summed E-state index contributed by atoms with van der Waals surface area (Å²) in [6, 6.07) is -0.0560. The number of H-pyrrole nitrogens is 1. The quantitative estimate of drug-likeness (QED) is 0.895. The Kier molecular flexibility index (Phi) is 4.43. The van der Waals surface area contributed by atoms with Crippen molar-refractivity contribution in [2.24, 2.45) is 0 Å². The lowest BCUT2D eigenvalue weighted by Crippen LogP contribution is -2.38. The Bertz CT molecular complexity index is 648. The zero-order chi connectivity index (χ0) is 15.8. The maximum absolute atomic E-state index is 12.9. The molecule has 6 nitrogen and oxygen atoms in total. The summed E-state index contributed by atoms with van der Waals surface area (Å²) in [6.07, 6.45) is 3.74. The summed E-state index contributed by atoms with van der Waals surface area (Å²) in [5, 5.41) is 9.14. The molecule has 0 bridgehead atoms. The molecule has 2 N–H and O–H groups in total. The van der Waals surface area contributed by atoms with Crippen LogP contribution in [0.25, 0.3) is 0 Å². The molecule has 0 radical (unpaired) electrons. The zero-order valence-electron chi connectivity index (χ0n) is 12.6. The van der Waals surface area contributed by atoms with E-state index in [1.54, 1.807) is 13.8 Å². The lowest BCUT2D eigenvalue weighted by molar-refractivity contribution is 0.0690. The number of carboxylic acid groups (broad SMARTS) is 1. The highest BCUT2D eigenvalue weighted by Crippen LogP contribution is 2.30. The number of carbonyl (C=O) groups is 1. The van der Waals surface area contributed by atoms with Crippen LogP contribution in [0.3, 0.4) is 0 Å². The lowest BCUT2D eigenvalue weighted by atomic mass is 10.1. The molecule has 0 aliphatic carbocycles. The van der Waals surface area contributed by atoms with Crippen LogP contribution in [-0.4, -0.2) is 41.4 Å². The van der Waals surface area contributed by atoms with Gasteiger partial charge in [0.15, 0.2) is 0 Å².